The average molecular weight is 236 g/mol. The molecular formula is C13H11ClFN. The highest BCUT2D eigenvalue weighted by Gasteiger charge is 2.04. The van der Waals surface area contributed by atoms with E-state index in [0.29, 0.717) is 5.88 Å². The van der Waals surface area contributed by atoms with E-state index in [1.807, 2.05) is 13.0 Å². The second-order valence-corrected chi connectivity index (χ2v) is 3.94. The van der Waals surface area contributed by atoms with Gasteiger partial charge in [0.25, 0.3) is 0 Å². The molecule has 3 heteroatoms. The molecule has 0 aliphatic rings. The summed E-state index contributed by atoms with van der Waals surface area (Å²) in [5, 5.41) is 0. The Labute approximate surface area is 98.9 Å². The number of aromatic nitrogens is 1. The first-order valence-corrected chi connectivity index (χ1v) is 5.50. The normalized spacial score (nSPS) is 10.4. The fourth-order valence-corrected chi connectivity index (χ4v) is 1.81. The van der Waals surface area contributed by atoms with Crippen LogP contribution in [0.25, 0.3) is 11.1 Å². The van der Waals surface area contributed by atoms with Crippen molar-refractivity contribution in [2.24, 2.45) is 0 Å². The van der Waals surface area contributed by atoms with Gasteiger partial charge in [-0.3, -0.25) is 4.98 Å². The predicted octanol–water partition coefficient (Wildman–Crippen LogP) is 3.93. The van der Waals surface area contributed by atoms with Crippen molar-refractivity contribution in [3.05, 3.63) is 53.6 Å². The molecule has 1 heterocycles. The first-order chi connectivity index (χ1) is 7.70. The van der Waals surface area contributed by atoms with Crippen LogP contribution in [-0.2, 0) is 5.88 Å². The van der Waals surface area contributed by atoms with Crippen LogP contribution >= 0.6 is 11.6 Å². The summed E-state index contributed by atoms with van der Waals surface area (Å²) in [7, 11) is 0. The van der Waals surface area contributed by atoms with E-state index in [4.69, 9.17) is 11.6 Å². The van der Waals surface area contributed by atoms with Gasteiger partial charge in [0.1, 0.15) is 5.82 Å². The molecular weight excluding hydrogens is 225 g/mol. The molecule has 2 aromatic rings. The van der Waals surface area contributed by atoms with Gasteiger partial charge in [0, 0.05) is 23.8 Å². The Kier molecular flexibility index (Phi) is 3.20. The van der Waals surface area contributed by atoms with Crippen molar-refractivity contribution in [1.82, 2.24) is 4.98 Å². The van der Waals surface area contributed by atoms with Gasteiger partial charge in [0.05, 0.1) is 0 Å². The van der Waals surface area contributed by atoms with Gasteiger partial charge in [0.2, 0.25) is 0 Å². The van der Waals surface area contributed by atoms with Gasteiger partial charge in [-0.15, -0.1) is 11.6 Å². The van der Waals surface area contributed by atoms with Gasteiger partial charge in [-0.2, -0.15) is 0 Å². The number of halogens is 2. The number of hydrogen-bond donors (Lipinski definition) is 0. The maximum absolute atomic E-state index is 13.0. The van der Waals surface area contributed by atoms with Gasteiger partial charge in [-0.05, 0) is 41.8 Å². The number of nitrogens with zero attached hydrogens (tertiary/aromatic N) is 1. The predicted molar refractivity (Wildman–Crippen MR) is 63.9 cm³/mol. The molecule has 0 N–H and O–H groups in total. The summed E-state index contributed by atoms with van der Waals surface area (Å²) in [5.41, 5.74) is 3.81. The maximum atomic E-state index is 13.0. The Morgan fingerprint density at radius 1 is 1.25 bits per heavy atom. The summed E-state index contributed by atoms with van der Waals surface area (Å²) in [6.45, 7) is 1.88. The lowest BCUT2D eigenvalue weighted by molar-refractivity contribution is 0.627. The molecule has 0 unspecified atom stereocenters. The molecule has 0 spiro atoms. The van der Waals surface area contributed by atoms with Gasteiger partial charge < -0.3 is 0 Å². The van der Waals surface area contributed by atoms with Crippen LogP contribution in [0.15, 0.2) is 36.7 Å². The lowest BCUT2D eigenvalue weighted by atomic mass is 10.0. The van der Waals surface area contributed by atoms with Crippen molar-refractivity contribution >= 4 is 11.6 Å². The molecule has 0 saturated heterocycles. The Morgan fingerprint density at radius 2 is 2.06 bits per heavy atom. The quantitative estimate of drug-likeness (QED) is 0.719. The van der Waals surface area contributed by atoms with Crippen LogP contribution in [0, 0.1) is 12.7 Å². The second-order valence-electron chi connectivity index (χ2n) is 3.67. The Morgan fingerprint density at radius 3 is 2.75 bits per heavy atom. The van der Waals surface area contributed by atoms with E-state index in [1.165, 1.54) is 12.1 Å². The molecule has 0 aliphatic heterocycles. The zero-order valence-electron chi connectivity index (χ0n) is 8.87. The first-order valence-electron chi connectivity index (χ1n) is 4.97. The Hall–Kier alpha value is -1.41. The van der Waals surface area contributed by atoms with E-state index in [9.17, 15) is 4.39 Å². The van der Waals surface area contributed by atoms with Crippen molar-refractivity contribution in [2.75, 3.05) is 0 Å². The molecule has 1 aromatic heterocycles. The smallest absolute Gasteiger partial charge is 0.123 e. The summed E-state index contributed by atoms with van der Waals surface area (Å²) in [6.07, 6.45) is 3.49. The van der Waals surface area contributed by atoms with Crippen LogP contribution < -0.4 is 0 Å². The summed E-state index contributed by atoms with van der Waals surface area (Å²) in [4.78, 5) is 4.12. The molecule has 1 aromatic carbocycles. The van der Waals surface area contributed by atoms with E-state index < -0.39 is 0 Å². The second kappa shape index (κ2) is 4.62. The van der Waals surface area contributed by atoms with Crippen molar-refractivity contribution in [3.63, 3.8) is 0 Å². The molecule has 0 bridgehead atoms. The number of pyridine rings is 1. The van der Waals surface area contributed by atoms with Crippen LogP contribution in [0.5, 0.6) is 0 Å². The van der Waals surface area contributed by atoms with E-state index >= 15 is 0 Å². The zero-order valence-corrected chi connectivity index (χ0v) is 9.63. The van der Waals surface area contributed by atoms with Gasteiger partial charge in [-0.25, -0.2) is 4.39 Å². The van der Waals surface area contributed by atoms with Crippen LogP contribution in [0.1, 0.15) is 11.1 Å². The third-order valence-electron chi connectivity index (χ3n) is 2.45. The number of benzene rings is 1. The summed E-state index contributed by atoms with van der Waals surface area (Å²) >= 11 is 5.75. The monoisotopic (exact) mass is 235 g/mol. The molecule has 0 amide bonds. The van der Waals surface area contributed by atoms with Gasteiger partial charge in [-0.1, -0.05) is 6.07 Å². The number of rotatable bonds is 2. The third-order valence-corrected chi connectivity index (χ3v) is 2.76. The van der Waals surface area contributed by atoms with Crippen LogP contribution in [0.2, 0.25) is 0 Å². The number of aryl methyl sites for hydroxylation is 1. The Bertz CT molecular complexity index is 511. The van der Waals surface area contributed by atoms with Crippen LogP contribution in [-0.4, -0.2) is 4.98 Å². The van der Waals surface area contributed by atoms with Gasteiger partial charge >= 0.3 is 0 Å². The van der Waals surface area contributed by atoms with Gasteiger partial charge in [0.15, 0.2) is 0 Å². The van der Waals surface area contributed by atoms with Crippen molar-refractivity contribution < 1.29 is 4.39 Å². The topological polar surface area (TPSA) is 12.9 Å². The fraction of sp³-hybridized carbons (Fsp3) is 0.154. The van der Waals surface area contributed by atoms with E-state index in [-0.39, 0.29) is 5.82 Å². The highest BCUT2D eigenvalue weighted by molar-refractivity contribution is 6.17. The average Bonchev–Trinajstić information content (AvgIpc) is 2.29. The van der Waals surface area contributed by atoms with Crippen molar-refractivity contribution in [3.8, 4) is 11.1 Å². The standard InChI is InChI=1S/C13H11ClFN/c1-9-4-12(15)2-3-13(9)11-5-10(6-14)7-16-8-11/h2-5,7-8H,6H2,1H3. The number of hydrogen-bond acceptors (Lipinski definition) is 1. The highest BCUT2D eigenvalue weighted by Crippen LogP contribution is 2.24. The minimum Gasteiger partial charge on any atom is -0.264 e. The summed E-state index contributed by atoms with van der Waals surface area (Å²) in [5.74, 6) is 0.212. The van der Waals surface area contributed by atoms with E-state index in [1.54, 1.807) is 18.5 Å². The minimum atomic E-state index is -0.220. The SMILES string of the molecule is Cc1cc(F)ccc1-c1cncc(CCl)c1. The van der Waals surface area contributed by atoms with E-state index in [2.05, 4.69) is 4.98 Å². The molecule has 1 nitrogen and oxygen atoms in total. The summed E-state index contributed by atoms with van der Waals surface area (Å²) < 4.78 is 13.0. The highest BCUT2D eigenvalue weighted by atomic mass is 35.5. The van der Waals surface area contributed by atoms with Crippen molar-refractivity contribution in [2.45, 2.75) is 12.8 Å². The zero-order chi connectivity index (χ0) is 11.5. The van der Waals surface area contributed by atoms with Crippen molar-refractivity contribution in [1.29, 1.82) is 0 Å². The molecule has 0 aliphatic carbocycles. The summed E-state index contributed by atoms with van der Waals surface area (Å²) in [6, 6.07) is 6.71. The largest absolute Gasteiger partial charge is 0.264 e. The molecule has 2 rings (SSSR count). The Balaban J connectivity index is 2.49. The maximum Gasteiger partial charge on any atom is 0.123 e. The first kappa shape index (κ1) is 11.1. The van der Waals surface area contributed by atoms with Crippen LogP contribution in [0.3, 0.4) is 0 Å². The molecule has 0 atom stereocenters. The molecule has 82 valence electrons. The molecule has 16 heavy (non-hydrogen) atoms. The third kappa shape index (κ3) is 2.22. The number of alkyl halides is 1. The van der Waals surface area contributed by atoms with Crippen LogP contribution in [0.4, 0.5) is 4.39 Å². The minimum absolute atomic E-state index is 0.220. The molecule has 0 saturated carbocycles. The molecule has 0 radical (unpaired) electrons. The van der Waals surface area contributed by atoms with E-state index in [0.717, 1.165) is 22.3 Å². The fourth-order valence-electron chi connectivity index (χ4n) is 1.66. The lowest BCUT2D eigenvalue weighted by Crippen LogP contribution is -1.88. The lowest BCUT2D eigenvalue weighted by Gasteiger charge is -2.06. The molecule has 0 fully saturated rings.